The summed E-state index contributed by atoms with van der Waals surface area (Å²) in [5, 5.41) is 2.65. The van der Waals surface area contributed by atoms with E-state index in [0.29, 0.717) is 22.3 Å². The number of anilines is 1. The van der Waals surface area contributed by atoms with Gasteiger partial charge in [-0.2, -0.15) is 0 Å². The Labute approximate surface area is 156 Å². The van der Waals surface area contributed by atoms with Gasteiger partial charge in [0.05, 0.1) is 19.9 Å². The minimum Gasteiger partial charge on any atom is -0.493 e. The number of benzene rings is 1. The lowest BCUT2D eigenvalue weighted by Gasteiger charge is -2.16. The molecule has 7 heteroatoms. The monoisotopic (exact) mass is 371 g/mol. The number of hydrogen-bond donors (Lipinski definition) is 2. The predicted octanol–water partition coefficient (Wildman–Crippen LogP) is 4.62. The molecule has 3 aromatic rings. The number of aryl methyl sites for hydroxylation is 2. The van der Waals surface area contributed by atoms with Crippen LogP contribution in [0.15, 0.2) is 40.6 Å². The van der Waals surface area contributed by atoms with E-state index in [1.54, 1.807) is 14.2 Å². The average molecular weight is 371 g/mol. The maximum absolute atomic E-state index is 5.59. The zero-order chi connectivity index (χ0) is 18.7. The first-order valence-corrected chi connectivity index (χ1v) is 8.86. The van der Waals surface area contributed by atoms with Crippen LogP contribution in [0.5, 0.6) is 11.5 Å². The molecule has 2 N–H and O–H groups in total. The van der Waals surface area contributed by atoms with Gasteiger partial charge in [-0.15, -0.1) is 11.3 Å². The summed E-state index contributed by atoms with van der Waals surface area (Å²) in [6.45, 7) is 7.99. The first-order chi connectivity index (χ1) is 12.5. The van der Waals surface area contributed by atoms with Crippen molar-refractivity contribution in [3.05, 3.63) is 53.1 Å². The molecule has 0 bridgehead atoms. The summed E-state index contributed by atoms with van der Waals surface area (Å²) in [7, 11) is 3.23. The van der Waals surface area contributed by atoms with Gasteiger partial charge in [0.15, 0.2) is 17.3 Å². The Balaban J connectivity index is 1.70. The molecule has 0 spiro atoms. The highest BCUT2D eigenvalue weighted by Crippen LogP contribution is 2.32. The molecule has 6 nitrogen and oxygen atoms in total. The summed E-state index contributed by atoms with van der Waals surface area (Å²) in [5.74, 6) is 2.95. The largest absolute Gasteiger partial charge is 0.493 e. The van der Waals surface area contributed by atoms with Crippen LogP contribution < -0.4 is 20.3 Å². The maximum atomic E-state index is 5.59. The fourth-order valence-electron chi connectivity index (χ4n) is 2.52. The Morgan fingerprint density at radius 2 is 1.88 bits per heavy atom. The molecule has 26 heavy (non-hydrogen) atoms. The summed E-state index contributed by atoms with van der Waals surface area (Å²) in [6.07, 6.45) is 0. The number of thiazole rings is 1. The van der Waals surface area contributed by atoms with E-state index < -0.39 is 0 Å². The van der Waals surface area contributed by atoms with Gasteiger partial charge in [-0.1, -0.05) is 6.58 Å². The van der Waals surface area contributed by atoms with E-state index in [-0.39, 0.29) is 0 Å². The van der Waals surface area contributed by atoms with Crippen LogP contribution in [0.2, 0.25) is 0 Å². The zero-order valence-electron chi connectivity index (χ0n) is 15.2. The van der Waals surface area contributed by atoms with Crippen molar-refractivity contribution in [1.29, 1.82) is 0 Å². The summed E-state index contributed by atoms with van der Waals surface area (Å²) in [5.41, 5.74) is 9.61. The van der Waals surface area contributed by atoms with Crippen molar-refractivity contribution in [3.63, 3.8) is 0 Å². The predicted molar refractivity (Wildman–Crippen MR) is 105 cm³/mol. The molecule has 0 amide bonds. The SMILES string of the molecule is C=C(NNc1nc(-c2ccc(C)o2)cs1)c1cc(OC)c(OC)cc1C. The number of furan rings is 1. The number of nitrogens with one attached hydrogen (secondary N) is 2. The molecule has 136 valence electrons. The van der Waals surface area contributed by atoms with Gasteiger partial charge in [-0.05, 0) is 43.7 Å². The third kappa shape index (κ3) is 3.67. The summed E-state index contributed by atoms with van der Waals surface area (Å²) in [6, 6.07) is 7.64. The molecule has 0 saturated heterocycles. The average Bonchev–Trinajstić information content (AvgIpc) is 3.28. The molecule has 2 heterocycles. The molecule has 2 aromatic heterocycles. The number of rotatable bonds is 7. The number of aromatic nitrogens is 1. The van der Waals surface area contributed by atoms with Gasteiger partial charge in [0.25, 0.3) is 0 Å². The number of ether oxygens (including phenoxy) is 2. The second-order valence-corrected chi connectivity index (χ2v) is 6.56. The van der Waals surface area contributed by atoms with Crippen LogP contribution >= 0.6 is 11.3 Å². The summed E-state index contributed by atoms with van der Waals surface area (Å²) >= 11 is 1.48. The molecular weight excluding hydrogens is 350 g/mol. The molecule has 3 rings (SSSR count). The van der Waals surface area contributed by atoms with Crippen LogP contribution in [0.3, 0.4) is 0 Å². The van der Waals surface area contributed by atoms with Gasteiger partial charge in [-0.3, -0.25) is 10.9 Å². The van der Waals surface area contributed by atoms with E-state index in [1.165, 1.54) is 11.3 Å². The molecule has 0 saturated carbocycles. The van der Waals surface area contributed by atoms with Gasteiger partial charge in [0.1, 0.15) is 11.5 Å². The second kappa shape index (κ2) is 7.53. The van der Waals surface area contributed by atoms with Crippen LogP contribution in [0.4, 0.5) is 5.13 Å². The Morgan fingerprint density at radius 1 is 1.15 bits per heavy atom. The lowest BCUT2D eigenvalue weighted by atomic mass is 10.1. The molecule has 0 aliphatic rings. The fraction of sp³-hybridized carbons (Fsp3) is 0.211. The van der Waals surface area contributed by atoms with Crippen molar-refractivity contribution in [3.8, 4) is 23.0 Å². The standard InChI is InChI=1S/C19H21N3O3S/c1-11-8-17(23-4)18(24-5)9-14(11)13(3)21-22-19-20-15(10-26-19)16-7-6-12(2)25-16/h6-10,21H,3H2,1-2,4-5H3,(H,20,22). The lowest BCUT2D eigenvalue weighted by molar-refractivity contribution is 0.354. The minimum absolute atomic E-state index is 0.653. The third-order valence-electron chi connectivity index (χ3n) is 3.87. The fourth-order valence-corrected chi connectivity index (χ4v) is 3.17. The number of methoxy groups -OCH3 is 2. The van der Waals surface area contributed by atoms with E-state index in [0.717, 1.165) is 28.3 Å². The van der Waals surface area contributed by atoms with Crippen LogP contribution in [-0.4, -0.2) is 19.2 Å². The second-order valence-electron chi connectivity index (χ2n) is 5.70. The first-order valence-electron chi connectivity index (χ1n) is 7.98. The number of nitrogens with zero attached hydrogens (tertiary/aromatic N) is 1. The molecule has 0 unspecified atom stereocenters. The van der Waals surface area contributed by atoms with Gasteiger partial charge in [0, 0.05) is 10.9 Å². The van der Waals surface area contributed by atoms with E-state index >= 15 is 0 Å². The zero-order valence-corrected chi connectivity index (χ0v) is 16.0. The van der Waals surface area contributed by atoms with Crippen molar-refractivity contribution in [1.82, 2.24) is 10.4 Å². The molecule has 0 aliphatic carbocycles. The van der Waals surface area contributed by atoms with Gasteiger partial charge < -0.3 is 13.9 Å². The van der Waals surface area contributed by atoms with Crippen molar-refractivity contribution in [2.24, 2.45) is 0 Å². The minimum atomic E-state index is 0.653. The smallest absolute Gasteiger partial charge is 0.202 e. The van der Waals surface area contributed by atoms with Crippen LogP contribution in [0.25, 0.3) is 17.2 Å². The number of hydrogen-bond acceptors (Lipinski definition) is 7. The van der Waals surface area contributed by atoms with Crippen molar-refractivity contribution in [2.45, 2.75) is 13.8 Å². The molecule has 0 fully saturated rings. The van der Waals surface area contributed by atoms with Crippen LogP contribution in [0, 0.1) is 13.8 Å². The van der Waals surface area contributed by atoms with Crippen molar-refractivity contribution < 1.29 is 13.9 Å². The topological polar surface area (TPSA) is 68.6 Å². The van der Waals surface area contributed by atoms with Crippen molar-refractivity contribution >= 4 is 22.2 Å². The van der Waals surface area contributed by atoms with E-state index in [2.05, 4.69) is 22.4 Å². The lowest BCUT2D eigenvalue weighted by Crippen LogP contribution is -2.19. The quantitative estimate of drug-likeness (QED) is 0.591. The Kier molecular flexibility index (Phi) is 5.18. The summed E-state index contributed by atoms with van der Waals surface area (Å²) in [4.78, 5) is 4.51. The Bertz CT molecular complexity index is 930. The van der Waals surface area contributed by atoms with Gasteiger partial charge in [0.2, 0.25) is 5.13 Å². The maximum Gasteiger partial charge on any atom is 0.202 e. The Hall–Kier alpha value is -2.93. The highest BCUT2D eigenvalue weighted by Gasteiger charge is 2.12. The number of hydrazine groups is 1. The van der Waals surface area contributed by atoms with E-state index in [4.69, 9.17) is 13.9 Å². The highest BCUT2D eigenvalue weighted by atomic mass is 32.1. The van der Waals surface area contributed by atoms with Crippen molar-refractivity contribution in [2.75, 3.05) is 19.6 Å². The highest BCUT2D eigenvalue weighted by molar-refractivity contribution is 7.14. The first kappa shape index (κ1) is 17.9. The van der Waals surface area contributed by atoms with Gasteiger partial charge in [-0.25, -0.2) is 4.98 Å². The van der Waals surface area contributed by atoms with Gasteiger partial charge >= 0.3 is 0 Å². The van der Waals surface area contributed by atoms with Crippen LogP contribution in [0.1, 0.15) is 16.9 Å². The summed E-state index contributed by atoms with van der Waals surface area (Å²) < 4.78 is 16.3. The third-order valence-corrected chi connectivity index (χ3v) is 4.63. The van der Waals surface area contributed by atoms with E-state index in [9.17, 15) is 0 Å². The molecule has 0 atom stereocenters. The normalized spacial score (nSPS) is 10.5. The van der Waals surface area contributed by atoms with E-state index in [1.807, 2.05) is 43.5 Å². The Morgan fingerprint density at radius 3 is 2.54 bits per heavy atom. The molecule has 1 aromatic carbocycles. The van der Waals surface area contributed by atoms with Crippen LogP contribution in [-0.2, 0) is 0 Å². The molecular formula is C19H21N3O3S. The molecule has 0 aliphatic heterocycles. The molecule has 0 radical (unpaired) electrons.